The minimum atomic E-state index is 0.167. The first-order valence-corrected chi connectivity index (χ1v) is 9.84. The molecule has 0 aliphatic heterocycles. The van der Waals surface area contributed by atoms with Crippen molar-refractivity contribution in [3.05, 3.63) is 109 Å². The molecule has 3 aromatic rings. The Morgan fingerprint density at radius 3 is 0.467 bits per heavy atom. The van der Waals surface area contributed by atoms with Gasteiger partial charge in [0.2, 0.25) is 0 Å². The molecule has 0 fully saturated rings. The molecule has 0 amide bonds. The number of ketones is 1. The van der Waals surface area contributed by atoms with Crippen LogP contribution in [-0.2, 0) is 14.3 Å². The highest BCUT2D eigenvalue weighted by Gasteiger charge is 1.62. The fourth-order valence-corrected chi connectivity index (χ4v) is 1.15. The number of methoxy groups -OCH3 is 2. The van der Waals surface area contributed by atoms with Crippen LogP contribution >= 0.6 is 0 Å². The first-order chi connectivity index (χ1) is 14.6. The van der Waals surface area contributed by atoms with E-state index in [2.05, 4.69) is 9.47 Å². The van der Waals surface area contributed by atoms with Gasteiger partial charge in [-0.2, -0.15) is 0 Å². The molecule has 0 heterocycles. The average Bonchev–Trinajstić information content (AvgIpc) is 2.80. The molecule has 168 valence electrons. The monoisotopic (exact) mass is 414 g/mol. The summed E-state index contributed by atoms with van der Waals surface area (Å²) >= 11 is 0. The van der Waals surface area contributed by atoms with Gasteiger partial charge in [-0.3, -0.25) is 0 Å². The molecule has 3 heteroatoms. The lowest BCUT2D eigenvalue weighted by atomic mass is 10.4. The van der Waals surface area contributed by atoms with Gasteiger partial charge in [0.25, 0.3) is 0 Å². The van der Waals surface area contributed by atoms with Gasteiger partial charge in [0, 0.05) is 28.4 Å². The molecule has 0 aliphatic rings. The molecule has 0 aromatic heterocycles. The molecule has 0 aliphatic carbocycles. The Morgan fingerprint density at radius 2 is 0.433 bits per heavy atom. The molecular weight excluding hydrogens is 372 g/mol. The number of rotatable bonds is 0. The standard InChI is InChI=1S/3C6H6.C3H6O.2C2H6O.C2H6/c3*1-2-4-6-5-3-1;1-3(2)4;2*1-3-2;1-2/h3*1-6H;1-2H3;2*1-2H3;1-2H3. The van der Waals surface area contributed by atoms with Crippen molar-refractivity contribution in [2.75, 3.05) is 28.4 Å². The smallest absolute Gasteiger partial charge is 0.126 e. The topological polar surface area (TPSA) is 35.5 Å². The fraction of sp³-hybridized carbons (Fsp3) is 0.296. The molecule has 0 saturated heterocycles. The van der Waals surface area contributed by atoms with Crippen LogP contribution in [0.3, 0.4) is 0 Å². The second kappa shape index (κ2) is 40.8. The summed E-state index contributed by atoms with van der Waals surface area (Å²) in [6.45, 7) is 7.06. The second-order valence-electron chi connectivity index (χ2n) is 5.19. The van der Waals surface area contributed by atoms with E-state index in [9.17, 15) is 4.79 Å². The second-order valence-corrected chi connectivity index (χ2v) is 5.19. The van der Waals surface area contributed by atoms with Crippen molar-refractivity contribution in [2.45, 2.75) is 27.7 Å². The zero-order chi connectivity index (χ0) is 23.7. The van der Waals surface area contributed by atoms with E-state index in [0.717, 1.165) is 0 Å². The molecule has 3 rings (SSSR count). The van der Waals surface area contributed by atoms with Gasteiger partial charge >= 0.3 is 0 Å². The largest absolute Gasteiger partial charge is 0.388 e. The van der Waals surface area contributed by atoms with Crippen LogP contribution in [0.1, 0.15) is 27.7 Å². The lowest BCUT2D eigenvalue weighted by molar-refractivity contribution is -0.114. The van der Waals surface area contributed by atoms with Crippen LogP contribution in [-0.4, -0.2) is 34.2 Å². The highest BCUT2D eigenvalue weighted by molar-refractivity contribution is 5.72. The maximum atomic E-state index is 9.44. The first-order valence-electron chi connectivity index (χ1n) is 9.84. The summed E-state index contributed by atoms with van der Waals surface area (Å²) in [5, 5.41) is 0. The van der Waals surface area contributed by atoms with E-state index >= 15 is 0 Å². The number of carbonyl (C=O) groups is 1. The van der Waals surface area contributed by atoms with Gasteiger partial charge in [0.15, 0.2) is 0 Å². The number of hydrogen-bond acceptors (Lipinski definition) is 3. The summed E-state index contributed by atoms with van der Waals surface area (Å²) in [5.41, 5.74) is 0. The maximum Gasteiger partial charge on any atom is 0.126 e. The summed E-state index contributed by atoms with van der Waals surface area (Å²) in [5.74, 6) is 0.167. The van der Waals surface area contributed by atoms with Crippen molar-refractivity contribution in [3.8, 4) is 0 Å². The Balaban J connectivity index is -0.000000136. The van der Waals surface area contributed by atoms with Crippen LogP contribution in [0, 0.1) is 0 Å². The molecule has 0 atom stereocenters. The van der Waals surface area contributed by atoms with Gasteiger partial charge < -0.3 is 14.3 Å². The zero-order valence-electron chi connectivity index (χ0n) is 20.1. The van der Waals surface area contributed by atoms with E-state index in [1.165, 1.54) is 13.8 Å². The Morgan fingerprint density at radius 1 is 0.400 bits per heavy atom. The van der Waals surface area contributed by atoms with Crippen molar-refractivity contribution in [1.82, 2.24) is 0 Å². The molecule has 0 spiro atoms. The van der Waals surface area contributed by atoms with E-state index in [4.69, 9.17) is 0 Å². The quantitative estimate of drug-likeness (QED) is 0.390. The summed E-state index contributed by atoms with van der Waals surface area (Å²) < 4.78 is 8.50. The minimum Gasteiger partial charge on any atom is -0.388 e. The summed E-state index contributed by atoms with van der Waals surface area (Å²) in [6.07, 6.45) is 0. The highest BCUT2D eigenvalue weighted by Crippen LogP contribution is 1.81. The Bertz CT molecular complexity index is 409. The van der Waals surface area contributed by atoms with Gasteiger partial charge in [0.05, 0.1) is 0 Å². The van der Waals surface area contributed by atoms with E-state index in [1.807, 2.05) is 123 Å². The molecule has 0 unspecified atom stereocenters. The molecule has 3 aromatic carbocycles. The molecular formula is C27H42O3. The number of ether oxygens (including phenoxy) is 2. The van der Waals surface area contributed by atoms with Crippen LogP contribution in [0.2, 0.25) is 0 Å². The summed E-state index contributed by atoms with van der Waals surface area (Å²) in [6, 6.07) is 36.0. The van der Waals surface area contributed by atoms with Gasteiger partial charge in [-0.1, -0.05) is 123 Å². The van der Waals surface area contributed by atoms with Crippen molar-refractivity contribution in [2.24, 2.45) is 0 Å². The van der Waals surface area contributed by atoms with E-state index < -0.39 is 0 Å². The Kier molecular flexibility index (Phi) is 47.3. The lowest BCUT2D eigenvalue weighted by Crippen LogP contribution is -1.69. The van der Waals surface area contributed by atoms with Gasteiger partial charge in [-0.05, 0) is 13.8 Å². The van der Waals surface area contributed by atoms with E-state index in [0.29, 0.717) is 0 Å². The number of benzene rings is 3. The van der Waals surface area contributed by atoms with Crippen LogP contribution in [0.15, 0.2) is 109 Å². The first kappa shape index (κ1) is 34.7. The minimum absolute atomic E-state index is 0.167. The van der Waals surface area contributed by atoms with Crippen LogP contribution in [0.25, 0.3) is 0 Å². The molecule has 0 saturated carbocycles. The number of Topliss-reactive ketones (excluding diaryl/α,β-unsaturated/α-hetero) is 1. The molecule has 30 heavy (non-hydrogen) atoms. The van der Waals surface area contributed by atoms with Crippen LogP contribution in [0.5, 0.6) is 0 Å². The van der Waals surface area contributed by atoms with Gasteiger partial charge in [-0.25, -0.2) is 0 Å². The number of carbonyl (C=O) groups excluding carboxylic acids is 1. The third kappa shape index (κ3) is 63.8. The van der Waals surface area contributed by atoms with Gasteiger partial charge in [0.1, 0.15) is 5.78 Å². The lowest BCUT2D eigenvalue weighted by Gasteiger charge is -1.69. The average molecular weight is 415 g/mol. The predicted molar refractivity (Wildman–Crippen MR) is 133 cm³/mol. The molecule has 0 radical (unpaired) electrons. The van der Waals surface area contributed by atoms with Crippen LogP contribution in [0.4, 0.5) is 0 Å². The molecule has 3 nitrogen and oxygen atoms in total. The Labute approximate surface area is 185 Å². The number of hydrogen-bond donors (Lipinski definition) is 0. The zero-order valence-corrected chi connectivity index (χ0v) is 20.1. The predicted octanol–water partition coefficient (Wildman–Crippen LogP) is 7.21. The normalized spacial score (nSPS) is 7.07. The van der Waals surface area contributed by atoms with Crippen LogP contribution < -0.4 is 0 Å². The van der Waals surface area contributed by atoms with Crippen molar-refractivity contribution in [1.29, 1.82) is 0 Å². The van der Waals surface area contributed by atoms with Gasteiger partial charge in [-0.15, -0.1) is 0 Å². The van der Waals surface area contributed by atoms with E-state index in [1.54, 1.807) is 28.4 Å². The van der Waals surface area contributed by atoms with E-state index in [-0.39, 0.29) is 5.78 Å². The van der Waals surface area contributed by atoms with Crippen molar-refractivity contribution < 1.29 is 14.3 Å². The third-order valence-corrected chi connectivity index (χ3v) is 2.00. The maximum absolute atomic E-state index is 9.44. The van der Waals surface area contributed by atoms with Crippen molar-refractivity contribution >= 4 is 5.78 Å². The molecule has 0 N–H and O–H groups in total. The Hall–Kier alpha value is -2.75. The SMILES string of the molecule is CC.CC(C)=O.COC.COC.c1ccccc1.c1ccccc1.c1ccccc1. The molecule has 0 bridgehead atoms. The summed E-state index contributed by atoms with van der Waals surface area (Å²) in [7, 11) is 6.50. The third-order valence-electron chi connectivity index (χ3n) is 2.00. The highest BCUT2D eigenvalue weighted by atomic mass is 16.5. The van der Waals surface area contributed by atoms with Crippen molar-refractivity contribution in [3.63, 3.8) is 0 Å². The summed E-state index contributed by atoms with van der Waals surface area (Å²) in [4.78, 5) is 9.44. The fourth-order valence-electron chi connectivity index (χ4n) is 1.15.